The van der Waals surface area contributed by atoms with Crippen molar-refractivity contribution >= 4 is 11.7 Å². The third kappa shape index (κ3) is 7.14. The second kappa shape index (κ2) is 10.5. The van der Waals surface area contributed by atoms with Gasteiger partial charge in [0.1, 0.15) is 12.4 Å². The molecular formula is C21H22F3NO4. The quantitative estimate of drug-likeness (QED) is 0.333. The third-order valence-electron chi connectivity index (χ3n) is 3.87. The number of benzene rings is 2. The number of nitrogens with zero attached hydrogens (tertiary/aromatic N) is 1. The average Bonchev–Trinajstić information content (AvgIpc) is 2.70. The van der Waals surface area contributed by atoms with E-state index < -0.39 is 17.7 Å². The van der Waals surface area contributed by atoms with Crippen molar-refractivity contribution in [2.45, 2.75) is 33.1 Å². The molecule has 0 fully saturated rings. The number of carbonyl (C=O) groups excluding carboxylic acids is 1. The first kappa shape index (κ1) is 22.3. The van der Waals surface area contributed by atoms with Crippen LogP contribution in [0.4, 0.5) is 13.2 Å². The van der Waals surface area contributed by atoms with Crippen LogP contribution in [0, 0.1) is 0 Å². The van der Waals surface area contributed by atoms with Gasteiger partial charge in [-0.2, -0.15) is 13.2 Å². The Bertz CT molecular complexity index is 815. The van der Waals surface area contributed by atoms with Crippen LogP contribution in [-0.4, -0.2) is 24.9 Å². The van der Waals surface area contributed by atoms with Crippen molar-refractivity contribution in [3.63, 3.8) is 0 Å². The number of carbonyl (C=O) groups is 1. The standard InChI is InChI=1S/C21H22F3NO4/c1-3-19(16-7-11-18(12-8-16)28-14-20(26)27-4-2)25-29-13-15-5-9-17(10-6-15)21(22,23)24/h5-12H,3-4,13-14H2,1-2H3/b25-19+. The summed E-state index contributed by atoms with van der Waals surface area (Å²) in [5.74, 6) is 0.0759. The van der Waals surface area contributed by atoms with E-state index in [1.54, 1.807) is 31.2 Å². The first-order valence-electron chi connectivity index (χ1n) is 9.07. The van der Waals surface area contributed by atoms with Crippen LogP contribution in [0.1, 0.15) is 37.0 Å². The summed E-state index contributed by atoms with van der Waals surface area (Å²) in [7, 11) is 0. The molecule has 2 aromatic rings. The van der Waals surface area contributed by atoms with E-state index in [1.807, 2.05) is 6.92 Å². The molecule has 0 aliphatic heterocycles. The van der Waals surface area contributed by atoms with E-state index in [-0.39, 0.29) is 13.2 Å². The molecule has 0 amide bonds. The molecule has 0 aliphatic carbocycles. The van der Waals surface area contributed by atoms with Crippen LogP contribution in [0.25, 0.3) is 0 Å². The summed E-state index contributed by atoms with van der Waals surface area (Å²) in [6, 6.07) is 11.7. The molecule has 5 nitrogen and oxygen atoms in total. The third-order valence-corrected chi connectivity index (χ3v) is 3.87. The minimum absolute atomic E-state index is 0.0579. The number of hydrogen-bond donors (Lipinski definition) is 0. The number of esters is 1. The molecule has 0 unspecified atom stereocenters. The van der Waals surface area contributed by atoms with Crippen LogP contribution in [0.2, 0.25) is 0 Å². The van der Waals surface area contributed by atoms with E-state index in [0.29, 0.717) is 30.1 Å². The number of halogens is 3. The van der Waals surface area contributed by atoms with Crippen LogP contribution in [0.3, 0.4) is 0 Å². The van der Waals surface area contributed by atoms with Crippen molar-refractivity contribution in [2.75, 3.05) is 13.2 Å². The van der Waals surface area contributed by atoms with Crippen molar-refractivity contribution in [3.05, 3.63) is 65.2 Å². The minimum Gasteiger partial charge on any atom is -0.482 e. The second-order valence-electron chi connectivity index (χ2n) is 5.98. The smallest absolute Gasteiger partial charge is 0.416 e. The van der Waals surface area contributed by atoms with Crippen molar-refractivity contribution in [3.8, 4) is 5.75 Å². The summed E-state index contributed by atoms with van der Waals surface area (Å²) >= 11 is 0. The Morgan fingerprint density at radius 3 is 2.21 bits per heavy atom. The zero-order valence-corrected chi connectivity index (χ0v) is 16.2. The molecule has 0 saturated heterocycles. The maximum atomic E-state index is 12.6. The number of rotatable bonds is 9. The fourth-order valence-electron chi connectivity index (χ4n) is 2.38. The van der Waals surface area contributed by atoms with Crippen LogP contribution in [0.15, 0.2) is 53.7 Å². The highest BCUT2D eigenvalue weighted by Gasteiger charge is 2.29. The maximum Gasteiger partial charge on any atom is 0.416 e. The van der Waals surface area contributed by atoms with Gasteiger partial charge in [0, 0.05) is 0 Å². The predicted octanol–water partition coefficient (Wildman–Crippen LogP) is 4.98. The molecule has 0 N–H and O–H groups in total. The molecule has 0 heterocycles. The fourth-order valence-corrected chi connectivity index (χ4v) is 2.38. The number of hydrogen-bond acceptors (Lipinski definition) is 5. The largest absolute Gasteiger partial charge is 0.482 e. The van der Waals surface area contributed by atoms with Crippen molar-refractivity contribution in [1.29, 1.82) is 0 Å². The van der Waals surface area contributed by atoms with Gasteiger partial charge in [-0.05, 0) is 60.9 Å². The molecule has 0 aliphatic rings. The van der Waals surface area contributed by atoms with Gasteiger partial charge in [-0.3, -0.25) is 0 Å². The topological polar surface area (TPSA) is 57.1 Å². The van der Waals surface area contributed by atoms with Crippen molar-refractivity contribution in [2.24, 2.45) is 5.16 Å². The lowest BCUT2D eigenvalue weighted by Gasteiger charge is -2.09. The molecule has 29 heavy (non-hydrogen) atoms. The Kier molecular flexibility index (Phi) is 8.06. The molecule has 0 saturated carbocycles. The second-order valence-corrected chi connectivity index (χ2v) is 5.98. The molecule has 0 aromatic heterocycles. The summed E-state index contributed by atoms with van der Waals surface area (Å²) in [6.07, 6.45) is -3.77. The minimum atomic E-state index is -4.36. The van der Waals surface area contributed by atoms with E-state index in [2.05, 4.69) is 5.16 Å². The van der Waals surface area contributed by atoms with Crippen LogP contribution in [0.5, 0.6) is 5.75 Å². The Morgan fingerprint density at radius 2 is 1.66 bits per heavy atom. The SMILES string of the molecule is CCOC(=O)COc1ccc(/C(CC)=N/OCc2ccc(C(F)(F)F)cc2)cc1. The van der Waals surface area contributed by atoms with Gasteiger partial charge < -0.3 is 14.3 Å². The molecular weight excluding hydrogens is 387 g/mol. The van der Waals surface area contributed by atoms with E-state index in [4.69, 9.17) is 14.3 Å². The average molecular weight is 409 g/mol. The van der Waals surface area contributed by atoms with Crippen molar-refractivity contribution < 1.29 is 32.3 Å². The van der Waals surface area contributed by atoms with Gasteiger partial charge in [-0.15, -0.1) is 0 Å². The van der Waals surface area contributed by atoms with Gasteiger partial charge in [-0.1, -0.05) is 24.2 Å². The monoisotopic (exact) mass is 409 g/mol. The Hall–Kier alpha value is -3.03. The lowest BCUT2D eigenvalue weighted by molar-refractivity contribution is -0.145. The Balaban J connectivity index is 1.93. The normalized spacial score (nSPS) is 11.8. The van der Waals surface area contributed by atoms with Gasteiger partial charge in [0.2, 0.25) is 0 Å². The molecule has 8 heteroatoms. The van der Waals surface area contributed by atoms with Gasteiger partial charge in [-0.25, -0.2) is 4.79 Å². The zero-order valence-electron chi connectivity index (χ0n) is 16.2. The van der Waals surface area contributed by atoms with E-state index in [9.17, 15) is 18.0 Å². The highest BCUT2D eigenvalue weighted by atomic mass is 19.4. The molecule has 0 atom stereocenters. The van der Waals surface area contributed by atoms with Gasteiger partial charge in [0.05, 0.1) is 17.9 Å². The lowest BCUT2D eigenvalue weighted by Crippen LogP contribution is -2.14. The first-order valence-corrected chi connectivity index (χ1v) is 9.07. The van der Waals surface area contributed by atoms with E-state index >= 15 is 0 Å². The molecule has 2 rings (SSSR count). The van der Waals surface area contributed by atoms with E-state index in [1.165, 1.54) is 12.1 Å². The molecule has 0 radical (unpaired) electrons. The summed E-state index contributed by atoms with van der Waals surface area (Å²) in [6.45, 7) is 3.81. The van der Waals surface area contributed by atoms with Gasteiger partial charge in [0.25, 0.3) is 0 Å². The van der Waals surface area contributed by atoms with Crippen molar-refractivity contribution in [1.82, 2.24) is 0 Å². The molecule has 2 aromatic carbocycles. The first-order chi connectivity index (χ1) is 13.8. The fraction of sp³-hybridized carbons (Fsp3) is 0.333. The predicted molar refractivity (Wildman–Crippen MR) is 102 cm³/mol. The summed E-state index contributed by atoms with van der Waals surface area (Å²) in [5, 5.41) is 4.09. The summed E-state index contributed by atoms with van der Waals surface area (Å²) < 4.78 is 47.9. The highest BCUT2D eigenvalue weighted by molar-refractivity contribution is 6.00. The molecule has 156 valence electrons. The summed E-state index contributed by atoms with van der Waals surface area (Å²) in [5.41, 5.74) is 1.36. The molecule has 0 bridgehead atoms. The Morgan fingerprint density at radius 1 is 1.00 bits per heavy atom. The van der Waals surface area contributed by atoms with Gasteiger partial charge in [0.15, 0.2) is 6.61 Å². The number of alkyl halides is 3. The summed E-state index contributed by atoms with van der Waals surface area (Å²) in [4.78, 5) is 16.6. The van der Waals surface area contributed by atoms with Crippen LogP contribution >= 0.6 is 0 Å². The number of oxime groups is 1. The lowest BCUT2D eigenvalue weighted by atomic mass is 10.1. The molecule has 0 spiro atoms. The van der Waals surface area contributed by atoms with Crippen LogP contribution < -0.4 is 4.74 Å². The number of ether oxygens (including phenoxy) is 2. The maximum absolute atomic E-state index is 12.6. The highest BCUT2D eigenvalue weighted by Crippen LogP contribution is 2.29. The Labute approximate surface area is 167 Å². The van der Waals surface area contributed by atoms with Crippen LogP contribution in [-0.2, 0) is 27.2 Å². The zero-order chi connectivity index (χ0) is 21.3. The van der Waals surface area contributed by atoms with Gasteiger partial charge >= 0.3 is 12.1 Å². The van der Waals surface area contributed by atoms with E-state index in [0.717, 1.165) is 17.7 Å².